The fourth-order valence-corrected chi connectivity index (χ4v) is 4.02. The Morgan fingerprint density at radius 3 is 2.64 bits per heavy atom. The predicted molar refractivity (Wildman–Crippen MR) is 111 cm³/mol. The van der Waals surface area contributed by atoms with Crippen molar-refractivity contribution in [3.05, 3.63) is 54.6 Å². The summed E-state index contributed by atoms with van der Waals surface area (Å²) in [7, 11) is -1.78. The van der Waals surface area contributed by atoms with Crippen LogP contribution in [0.5, 0.6) is 0 Å². The molecule has 1 aliphatic heterocycles. The van der Waals surface area contributed by atoms with Crippen LogP contribution in [0.3, 0.4) is 0 Å². The summed E-state index contributed by atoms with van der Waals surface area (Å²) in [5.41, 5.74) is 1.48. The largest absolute Gasteiger partial charge is 0.374 e. The van der Waals surface area contributed by atoms with Gasteiger partial charge in [0, 0.05) is 44.4 Å². The standard InChI is InChI=1S/C20H24N4O3S/c1-24(17-8-3-2-4-9-17)14-12-20(25)22-16-7-5-10-18(15-16)28(26,27)23-19-11-6-13-21-19/h2-5,7-10,15H,6,11-14H2,1H3,(H,21,23)(H,22,25). The molecule has 2 aromatic carbocycles. The number of benzene rings is 2. The van der Waals surface area contributed by atoms with Crippen LogP contribution in [0.15, 0.2) is 64.5 Å². The molecule has 148 valence electrons. The van der Waals surface area contributed by atoms with E-state index in [2.05, 4.69) is 15.0 Å². The van der Waals surface area contributed by atoms with Crippen molar-refractivity contribution < 1.29 is 13.2 Å². The minimum absolute atomic E-state index is 0.0984. The maximum atomic E-state index is 12.5. The van der Waals surface area contributed by atoms with Gasteiger partial charge >= 0.3 is 0 Å². The highest BCUT2D eigenvalue weighted by Gasteiger charge is 2.18. The number of nitrogens with zero attached hydrogens (tertiary/aromatic N) is 2. The van der Waals surface area contributed by atoms with E-state index in [4.69, 9.17) is 0 Å². The highest BCUT2D eigenvalue weighted by Crippen LogP contribution is 2.17. The van der Waals surface area contributed by atoms with Gasteiger partial charge in [-0.1, -0.05) is 24.3 Å². The van der Waals surface area contributed by atoms with E-state index >= 15 is 0 Å². The zero-order valence-electron chi connectivity index (χ0n) is 15.8. The molecular formula is C20H24N4O3S. The van der Waals surface area contributed by atoms with Crippen molar-refractivity contribution in [2.24, 2.45) is 4.99 Å². The Balaban J connectivity index is 1.58. The van der Waals surface area contributed by atoms with Crippen molar-refractivity contribution in [2.45, 2.75) is 24.2 Å². The van der Waals surface area contributed by atoms with Crippen molar-refractivity contribution in [2.75, 3.05) is 30.4 Å². The Hall–Kier alpha value is -2.87. The highest BCUT2D eigenvalue weighted by atomic mass is 32.2. The number of sulfonamides is 1. The van der Waals surface area contributed by atoms with Crippen LogP contribution < -0.4 is 14.9 Å². The number of para-hydroxylation sites is 1. The van der Waals surface area contributed by atoms with E-state index in [-0.39, 0.29) is 17.2 Å². The molecular weight excluding hydrogens is 376 g/mol. The number of anilines is 2. The summed E-state index contributed by atoms with van der Waals surface area (Å²) in [5, 5.41) is 2.77. The Morgan fingerprint density at radius 2 is 1.93 bits per heavy atom. The lowest BCUT2D eigenvalue weighted by molar-refractivity contribution is -0.116. The Kier molecular flexibility index (Phi) is 6.30. The molecule has 8 heteroatoms. The summed E-state index contributed by atoms with van der Waals surface area (Å²) >= 11 is 0. The van der Waals surface area contributed by atoms with E-state index in [0.717, 1.165) is 12.1 Å². The molecule has 0 atom stereocenters. The van der Waals surface area contributed by atoms with Gasteiger partial charge in [0.15, 0.2) is 0 Å². The molecule has 0 radical (unpaired) electrons. The molecule has 2 aromatic rings. The minimum Gasteiger partial charge on any atom is -0.374 e. The molecule has 0 saturated heterocycles. The molecule has 1 heterocycles. The first-order chi connectivity index (χ1) is 13.4. The van der Waals surface area contributed by atoms with Crippen molar-refractivity contribution >= 4 is 33.1 Å². The first kappa shape index (κ1) is 19.9. The number of carbonyl (C=O) groups is 1. The van der Waals surface area contributed by atoms with Crippen LogP contribution in [-0.4, -0.2) is 40.3 Å². The predicted octanol–water partition coefficient (Wildman–Crippen LogP) is 2.62. The zero-order chi connectivity index (χ0) is 20.0. The lowest BCUT2D eigenvalue weighted by Gasteiger charge is -2.18. The van der Waals surface area contributed by atoms with Crippen LogP contribution in [0.2, 0.25) is 0 Å². The number of aliphatic imine (C=N–C) groups is 1. The van der Waals surface area contributed by atoms with Crippen LogP contribution in [0.25, 0.3) is 0 Å². The summed E-state index contributed by atoms with van der Waals surface area (Å²) in [6, 6.07) is 16.0. The number of nitrogens with one attached hydrogen (secondary N) is 2. The van der Waals surface area contributed by atoms with Crippen molar-refractivity contribution in [1.29, 1.82) is 0 Å². The number of amidine groups is 1. The number of rotatable bonds is 7. The molecule has 0 saturated carbocycles. The molecule has 0 fully saturated rings. The summed E-state index contributed by atoms with van der Waals surface area (Å²) in [6.45, 7) is 1.20. The second-order valence-electron chi connectivity index (χ2n) is 6.62. The van der Waals surface area contributed by atoms with Gasteiger partial charge in [-0.15, -0.1) is 0 Å². The van der Waals surface area contributed by atoms with Gasteiger partial charge in [-0.2, -0.15) is 0 Å². The molecule has 1 amide bonds. The molecule has 0 aromatic heterocycles. The topological polar surface area (TPSA) is 90.9 Å². The smallest absolute Gasteiger partial charge is 0.262 e. The fraction of sp³-hybridized carbons (Fsp3) is 0.300. The molecule has 0 aliphatic carbocycles. The summed E-state index contributed by atoms with van der Waals surface area (Å²) < 4.78 is 27.5. The van der Waals surface area contributed by atoms with Crippen LogP contribution in [0, 0.1) is 0 Å². The fourth-order valence-electron chi connectivity index (χ4n) is 2.88. The molecule has 3 rings (SSSR count). The maximum Gasteiger partial charge on any atom is 0.262 e. The van der Waals surface area contributed by atoms with Gasteiger partial charge in [-0.3, -0.25) is 14.5 Å². The van der Waals surface area contributed by atoms with Crippen molar-refractivity contribution in [3.63, 3.8) is 0 Å². The molecule has 28 heavy (non-hydrogen) atoms. The Labute approximate surface area is 165 Å². The van der Waals surface area contributed by atoms with Gasteiger partial charge in [-0.25, -0.2) is 8.42 Å². The highest BCUT2D eigenvalue weighted by molar-refractivity contribution is 7.90. The molecule has 1 aliphatic rings. The van der Waals surface area contributed by atoms with Gasteiger partial charge in [-0.05, 0) is 36.8 Å². The average molecular weight is 401 g/mol. The SMILES string of the molecule is CN(CCC(=O)Nc1cccc(S(=O)(=O)NC2=NCCC2)c1)c1ccccc1. The minimum atomic E-state index is -3.70. The van der Waals surface area contributed by atoms with Gasteiger partial charge < -0.3 is 10.2 Å². The van der Waals surface area contributed by atoms with Crippen LogP contribution >= 0.6 is 0 Å². The number of hydrogen-bond donors (Lipinski definition) is 2. The first-order valence-corrected chi connectivity index (χ1v) is 10.6. The summed E-state index contributed by atoms with van der Waals surface area (Å²) in [5.74, 6) is 0.309. The molecule has 2 N–H and O–H groups in total. The van der Waals surface area contributed by atoms with Crippen LogP contribution in [0.4, 0.5) is 11.4 Å². The van der Waals surface area contributed by atoms with E-state index in [9.17, 15) is 13.2 Å². The first-order valence-electron chi connectivity index (χ1n) is 9.16. The van der Waals surface area contributed by atoms with E-state index in [1.165, 1.54) is 12.1 Å². The van der Waals surface area contributed by atoms with Gasteiger partial charge in [0.2, 0.25) is 5.91 Å². The van der Waals surface area contributed by atoms with Crippen molar-refractivity contribution in [3.8, 4) is 0 Å². The average Bonchev–Trinajstić information content (AvgIpc) is 3.19. The van der Waals surface area contributed by atoms with Crippen LogP contribution in [0.1, 0.15) is 19.3 Å². The molecule has 0 spiro atoms. The van der Waals surface area contributed by atoms with Crippen LogP contribution in [-0.2, 0) is 14.8 Å². The third-order valence-corrected chi connectivity index (χ3v) is 5.80. The molecule has 7 nitrogen and oxygen atoms in total. The monoisotopic (exact) mass is 400 g/mol. The number of carbonyl (C=O) groups excluding carboxylic acids is 1. The number of amides is 1. The Morgan fingerprint density at radius 1 is 1.14 bits per heavy atom. The van der Waals surface area contributed by atoms with Gasteiger partial charge in [0.25, 0.3) is 10.0 Å². The lowest BCUT2D eigenvalue weighted by Crippen LogP contribution is -2.29. The van der Waals surface area contributed by atoms with Crippen molar-refractivity contribution in [1.82, 2.24) is 4.72 Å². The third-order valence-electron chi connectivity index (χ3n) is 4.43. The van der Waals surface area contributed by atoms with Gasteiger partial charge in [0.05, 0.1) is 4.90 Å². The second-order valence-corrected chi connectivity index (χ2v) is 8.30. The normalized spacial score (nSPS) is 13.7. The van der Waals surface area contributed by atoms with E-state index in [1.54, 1.807) is 12.1 Å². The second kappa shape index (κ2) is 8.88. The summed E-state index contributed by atoms with van der Waals surface area (Å²) in [6.07, 6.45) is 1.77. The van der Waals surface area contributed by atoms with E-state index < -0.39 is 10.0 Å². The van der Waals surface area contributed by atoms with E-state index in [0.29, 0.717) is 31.0 Å². The third kappa shape index (κ3) is 5.32. The molecule has 0 unspecified atom stereocenters. The maximum absolute atomic E-state index is 12.5. The quantitative estimate of drug-likeness (QED) is 0.747. The summed E-state index contributed by atoms with van der Waals surface area (Å²) in [4.78, 5) is 18.5. The number of hydrogen-bond acceptors (Lipinski definition) is 5. The molecule has 0 bridgehead atoms. The zero-order valence-corrected chi connectivity index (χ0v) is 16.6. The lowest BCUT2D eigenvalue weighted by atomic mass is 10.2. The van der Waals surface area contributed by atoms with E-state index in [1.807, 2.05) is 42.3 Å². The van der Waals surface area contributed by atoms with Gasteiger partial charge in [0.1, 0.15) is 5.84 Å². The Bertz CT molecular complexity index is 958.